The van der Waals surface area contributed by atoms with Gasteiger partial charge in [0.15, 0.2) is 0 Å². The van der Waals surface area contributed by atoms with Gasteiger partial charge < -0.3 is 4.90 Å². The zero-order chi connectivity index (χ0) is 7.98. The van der Waals surface area contributed by atoms with Gasteiger partial charge in [0.05, 0.1) is 5.75 Å². The van der Waals surface area contributed by atoms with Crippen molar-refractivity contribution in [2.24, 2.45) is 0 Å². The summed E-state index contributed by atoms with van der Waals surface area (Å²) in [6.07, 6.45) is 0. The molecule has 60 valence electrons. The maximum absolute atomic E-state index is 10.2. The smallest absolute Gasteiger partial charge is 0.231 e. The van der Waals surface area contributed by atoms with E-state index in [2.05, 4.69) is 4.90 Å². The van der Waals surface area contributed by atoms with Crippen molar-refractivity contribution >= 4 is 28.6 Å². The van der Waals surface area contributed by atoms with E-state index in [0.717, 1.165) is 12.3 Å². The molecule has 0 saturated heterocycles. The molecule has 0 fully saturated rings. The van der Waals surface area contributed by atoms with Gasteiger partial charge in [-0.15, -0.1) is 0 Å². The third-order valence-corrected chi connectivity index (χ3v) is 2.13. The maximum atomic E-state index is 10.2. The van der Waals surface area contributed by atoms with Crippen LogP contribution in [0.3, 0.4) is 0 Å². The molecular formula is C6H12ClNOS. The minimum absolute atomic E-state index is 0.260. The molecule has 0 rings (SSSR count). The van der Waals surface area contributed by atoms with Crippen molar-refractivity contribution in [2.75, 3.05) is 32.1 Å². The lowest BCUT2D eigenvalue weighted by atomic mass is 10.7. The predicted molar refractivity (Wildman–Crippen MR) is 46.7 cm³/mol. The number of thioether (sulfide) groups is 1. The Morgan fingerprint density at radius 1 is 1.60 bits per heavy atom. The number of hydrogen-bond acceptors (Lipinski definition) is 3. The molecule has 2 nitrogen and oxygen atoms in total. The highest BCUT2D eigenvalue weighted by atomic mass is 35.5. The summed E-state index contributed by atoms with van der Waals surface area (Å²) in [5.41, 5.74) is 0. The predicted octanol–water partition coefficient (Wildman–Crippen LogP) is 1.05. The fourth-order valence-corrected chi connectivity index (χ4v) is 1.43. The molecule has 0 aliphatic rings. The zero-order valence-corrected chi connectivity index (χ0v) is 7.84. The number of carbonyl (C=O) groups is 1. The topological polar surface area (TPSA) is 20.3 Å². The maximum Gasteiger partial charge on any atom is 0.231 e. The van der Waals surface area contributed by atoms with E-state index in [1.165, 1.54) is 0 Å². The van der Waals surface area contributed by atoms with E-state index < -0.39 is 0 Å². The Balaban J connectivity index is 2.98. The first kappa shape index (κ1) is 10.3. The van der Waals surface area contributed by atoms with Gasteiger partial charge in [-0.25, -0.2) is 0 Å². The Morgan fingerprint density at radius 3 is 2.60 bits per heavy atom. The van der Waals surface area contributed by atoms with E-state index in [9.17, 15) is 4.79 Å². The summed E-state index contributed by atoms with van der Waals surface area (Å²) in [5.74, 6) is 1.39. The normalized spacial score (nSPS) is 10.4. The summed E-state index contributed by atoms with van der Waals surface area (Å²) in [5, 5.41) is -0.260. The fraction of sp³-hybridized carbons (Fsp3) is 0.833. The van der Waals surface area contributed by atoms with Gasteiger partial charge in [0.1, 0.15) is 0 Å². The highest BCUT2D eigenvalue weighted by Crippen LogP contribution is 2.01. The van der Waals surface area contributed by atoms with Crippen LogP contribution in [0.25, 0.3) is 0 Å². The Morgan fingerprint density at radius 2 is 2.20 bits per heavy atom. The molecule has 0 unspecified atom stereocenters. The van der Waals surface area contributed by atoms with Gasteiger partial charge in [0, 0.05) is 12.3 Å². The van der Waals surface area contributed by atoms with Crippen LogP contribution < -0.4 is 0 Å². The first-order valence-electron chi connectivity index (χ1n) is 3.03. The molecule has 4 heteroatoms. The van der Waals surface area contributed by atoms with Crippen LogP contribution in [0.15, 0.2) is 0 Å². The molecule has 0 heterocycles. The van der Waals surface area contributed by atoms with Crippen LogP contribution in [0.2, 0.25) is 0 Å². The summed E-state index contributed by atoms with van der Waals surface area (Å²) >= 11 is 6.69. The highest BCUT2D eigenvalue weighted by Gasteiger charge is 1.95. The summed E-state index contributed by atoms with van der Waals surface area (Å²) in [6.45, 7) is 0.995. The molecular weight excluding hydrogens is 170 g/mol. The number of rotatable bonds is 5. The molecule has 0 N–H and O–H groups in total. The molecule has 10 heavy (non-hydrogen) atoms. The SMILES string of the molecule is CN(C)CCSCC(=O)Cl. The van der Waals surface area contributed by atoms with E-state index >= 15 is 0 Å². The summed E-state index contributed by atoms with van der Waals surface area (Å²) in [4.78, 5) is 12.3. The van der Waals surface area contributed by atoms with Gasteiger partial charge in [-0.05, 0) is 25.7 Å². The molecule has 0 aromatic heterocycles. The summed E-state index contributed by atoms with van der Waals surface area (Å²) < 4.78 is 0. The van der Waals surface area contributed by atoms with Crippen LogP contribution in [-0.2, 0) is 4.79 Å². The van der Waals surface area contributed by atoms with Crippen molar-refractivity contribution in [1.29, 1.82) is 0 Å². The van der Waals surface area contributed by atoms with Crippen molar-refractivity contribution in [3.63, 3.8) is 0 Å². The zero-order valence-electron chi connectivity index (χ0n) is 6.26. The Bertz CT molecular complexity index is 108. The molecule has 0 aliphatic heterocycles. The minimum Gasteiger partial charge on any atom is -0.309 e. The van der Waals surface area contributed by atoms with Crippen molar-refractivity contribution in [3.8, 4) is 0 Å². The average molecular weight is 182 g/mol. The van der Waals surface area contributed by atoms with Crippen molar-refractivity contribution < 1.29 is 4.79 Å². The second-order valence-corrected chi connectivity index (χ2v) is 3.74. The van der Waals surface area contributed by atoms with Gasteiger partial charge >= 0.3 is 0 Å². The number of hydrogen-bond donors (Lipinski definition) is 0. The largest absolute Gasteiger partial charge is 0.309 e. The molecule has 0 spiro atoms. The van der Waals surface area contributed by atoms with Crippen LogP contribution in [-0.4, -0.2) is 42.3 Å². The van der Waals surface area contributed by atoms with Gasteiger partial charge in [0.2, 0.25) is 5.24 Å². The van der Waals surface area contributed by atoms with Crippen LogP contribution in [0.4, 0.5) is 0 Å². The van der Waals surface area contributed by atoms with Gasteiger partial charge in [-0.2, -0.15) is 11.8 Å². The van der Waals surface area contributed by atoms with Gasteiger partial charge in [0.25, 0.3) is 0 Å². The van der Waals surface area contributed by atoms with Crippen LogP contribution in [0.5, 0.6) is 0 Å². The molecule has 0 saturated carbocycles. The molecule has 0 radical (unpaired) electrons. The van der Waals surface area contributed by atoms with Crippen LogP contribution in [0, 0.1) is 0 Å². The Labute approximate surface area is 70.9 Å². The molecule has 0 bridgehead atoms. The molecule has 0 aromatic rings. The van der Waals surface area contributed by atoms with E-state index in [-0.39, 0.29) is 5.24 Å². The summed E-state index contributed by atoms with van der Waals surface area (Å²) in [7, 11) is 4.01. The quantitative estimate of drug-likeness (QED) is 0.467. The van der Waals surface area contributed by atoms with Gasteiger partial charge in [-0.1, -0.05) is 0 Å². The number of nitrogens with zero attached hydrogens (tertiary/aromatic N) is 1. The van der Waals surface area contributed by atoms with E-state index in [0.29, 0.717) is 5.75 Å². The second-order valence-electron chi connectivity index (χ2n) is 2.21. The van der Waals surface area contributed by atoms with E-state index in [1.807, 2.05) is 14.1 Å². The monoisotopic (exact) mass is 181 g/mol. The van der Waals surface area contributed by atoms with E-state index in [1.54, 1.807) is 11.8 Å². The third kappa shape index (κ3) is 8.27. The first-order valence-corrected chi connectivity index (χ1v) is 4.57. The van der Waals surface area contributed by atoms with Crippen molar-refractivity contribution in [3.05, 3.63) is 0 Å². The minimum atomic E-state index is -0.260. The second kappa shape index (κ2) is 6.01. The van der Waals surface area contributed by atoms with Crippen molar-refractivity contribution in [2.45, 2.75) is 0 Å². The van der Waals surface area contributed by atoms with Gasteiger partial charge in [-0.3, -0.25) is 4.79 Å². The third-order valence-electron chi connectivity index (χ3n) is 0.898. The lowest BCUT2D eigenvalue weighted by Crippen LogP contribution is -2.15. The molecule has 0 atom stereocenters. The Hall–Kier alpha value is 0.270. The molecule has 0 aliphatic carbocycles. The summed E-state index contributed by atoms with van der Waals surface area (Å²) in [6, 6.07) is 0. The lowest BCUT2D eigenvalue weighted by Gasteiger charge is -2.06. The van der Waals surface area contributed by atoms with Crippen LogP contribution >= 0.6 is 23.4 Å². The number of carbonyl (C=O) groups excluding carboxylic acids is 1. The average Bonchev–Trinajstić information content (AvgIpc) is 1.79. The molecule has 0 amide bonds. The highest BCUT2D eigenvalue weighted by molar-refractivity contribution is 8.00. The fourth-order valence-electron chi connectivity index (χ4n) is 0.400. The number of halogens is 1. The lowest BCUT2D eigenvalue weighted by molar-refractivity contribution is -0.109. The first-order chi connectivity index (χ1) is 4.63. The molecule has 0 aromatic carbocycles. The Kier molecular flexibility index (Phi) is 6.17. The van der Waals surface area contributed by atoms with Crippen molar-refractivity contribution in [1.82, 2.24) is 4.90 Å². The van der Waals surface area contributed by atoms with E-state index in [4.69, 9.17) is 11.6 Å². The standard InChI is InChI=1S/C6H12ClNOS/c1-8(2)3-4-10-5-6(7)9/h3-5H2,1-2H3. The van der Waals surface area contributed by atoms with Crippen LogP contribution in [0.1, 0.15) is 0 Å².